The molecule has 2 atom stereocenters. The van der Waals surface area contributed by atoms with Crippen LogP contribution in [0.4, 0.5) is 5.69 Å². The molecule has 2 aromatic carbocycles. The molecule has 0 unspecified atom stereocenters. The summed E-state index contributed by atoms with van der Waals surface area (Å²) in [5.41, 5.74) is 2.38. The lowest BCUT2D eigenvalue weighted by atomic mass is 10.00. The lowest BCUT2D eigenvalue weighted by Gasteiger charge is -2.15. The van der Waals surface area contributed by atoms with E-state index in [9.17, 15) is 24.3 Å². The fourth-order valence-electron chi connectivity index (χ4n) is 3.83. The second kappa shape index (κ2) is 10.2. The highest BCUT2D eigenvalue weighted by atomic mass is 32.2. The molecule has 1 saturated heterocycles. The van der Waals surface area contributed by atoms with Crippen molar-refractivity contribution in [3.05, 3.63) is 91.1 Å². The zero-order valence-electron chi connectivity index (χ0n) is 19.8. The number of hydrogen-bond donors (Lipinski definition) is 5. The van der Waals surface area contributed by atoms with E-state index in [4.69, 9.17) is 0 Å². The number of amidine groups is 1. The number of thioether (sulfide) groups is 1. The Hall–Kier alpha value is -4.12. The molecule has 4 rings (SSSR count). The zero-order valence-corrected chi connectivity index (χ0v) is 20.7. The number of amides is 2. The average Bonchev–Trinajstić information content (AvgIpc) is 3.13. The van der Waals surface area contributed by atoms with Gasteiger partial charge in [-0.1, -0.05) is 59.3 Å². The number of aromatic hydroxyl groups is 1. The summed E-state index contributed by atoms with van der Waals surface area (Å²) < 4.78 is 0. The van der Waals surface area contributed by atoms with Gasteiger partial charge < -0.3 is 15.7 Å². The summed E-state index contributed by atoms with van der Waals surface area (Å²) in [6.07, 6.45) is -0.0808. The second-order valence-electron chi connectivity index (χ2n) is 8.58. The van der Waals surface area contributed by atoms with E-state index in [0.717, 1.165) is 28.5 Å². The molecule has 2 heterocycles. The van der Waals surface area contributed by atoms with Gasteiger partial charge in [-0.3, -0.25) is 24.4 Å². The largest absolute Gasteiger partial charge is 0.494 e. The number of aryl methyl sites for hydroxylation is 3. The molecular formula is C25H25N5O5S. The van der Waals surface area contributed by atoms with Gasteiger partial charge >= 0.3 is 5.69 Å². The number of carbonyl (C=O) groups is 2. The van der Waals surface area contributed by atoms with Gasteiger partial charge in [-0.25, -0.2) is 9.79 Å². The molecule has 0 aliphatic carbocycles. The number of nitrogens with zero attached hydrogens (tertiary/aromatic N) is 1. The fraction of sp³-hybridized carbons (Fsp3) is 0.240. The topological polar surface area (TPSA) is 157 Å². The van der Waals surface area contributed by atoms with E-state index < -0.39 is 34.3 Å². The van der Waals surface area contributed by atoms with Crippen LogP contribution in [0.5, 0.6) is 5.88 Å². The molecule has 5 N–H and O–H groups in total. The van der Waals surface area contributed by atoms with Crippen molar-refractivity contribution >= 4 is 34.4 Å². The fourth-order valence-corrected chi connectivity index (χ4v) is 4.83. The van der Waals surface area contributed by atoms with Gasteiger partial charge in [0.2, 0.25) is 17.7 Å². The first-order valence-electron chi connectivity index (χ1n) is 11.1. The number of hydrogen-bond acceptors (Lipinski definition) is 7. The van der Waals surface area contributed by atoms with Crippen LogP contribution in [-0.2, 0) is 9.59 Å². The van der Waals surface area contributed by atoms with E-state index in [2.05, 4.69) is 25.6 Å². The van der Waals surface area contributed by atoms with Crippen molar-refractivity contribution in [2.75, 3.05) is 5.32 Å². The summed E-state index contributed by atoms with van der Waals surface area (Å²) in [6, 6.07) is 11.8. The van der Waals surface area contributed by atoms with Crippen molar-refractivity contribution in [3.63, 3.8) is 0 Å². The molecule has 0 saturated carbocycles. The normalized spacial score (nSPS) is 17.1. The molecule has 11 heteroatoms. The maximum Gasteiger partial charge on any atom is 0.328 e. The summed E-state index contributed by atoms with van der Waals surface area (Å²) in [7, 11) is 0. The van der Waals surface area contributed by atoms with Gasteiger partial charge in [0, 0.05) is 12.1 Å². The molecule has 3 aromatic rings. The molecule has 0 radical (unpaired) electrons. The molecule has 10 nitrogen and oxygen atoms in total. The maximum absolute atomic E-state index is 12.6. The van der Waals surface area contributed by atoms with Crippen LogP contribution in [0, 0.1) is 20.8 Å². The highest BCUT2D eigenvalue weighted by Gasteiger charge is 2.34. The van der Waals surface area contributed by atoms with Gasteiger partial charge in [0.1, 0.15) is 16.9 Å². The Morgan fingerprint density at radius 3 is 2.42 bits per heavy atom. The van der Waals surface area contributed by atoms with Crippen molar-refractivity contribution in [1.82, 2.24) is 15.3 Å². The number of rotatable bonds is 6. The number of aromatic amines is 2. The number of nitrogens with one attached hydrogen (secondary N) is 4. The Kier molecular flexibility index (Phi) is 7.11. The lowest BCUT2D eigenvalue weighted by Crippen LogP contribution is -2.29. The van der Waals surface area contributed by atoms with Gasteiger partial charge in [-0.05, 0) is 38.0 Å². The van der Waals surface area contributed by atoms with Crippen molar-refractivity contribution in [1.29, 1.82) is 0 Å². The van der Waals surface area contributed by atoms with Crippen molar-refractivity contribution in [2.45, 2.75) is 38.5 Å². The first-order chi connectivity index (χ1) is 17.1. The Labute approximate surface area is 210 Å². The van der Waals surface area contributed by atoms with Crippen LogP contribution in [0.1, 0.15) is 40.3 Å². The minimum absolute atomic E-state index is 0.0808. The summed E-state index contributed by atoms with van der Waals surface area (Å²) in [5.74, 6) is -1.32. The van der Waals surface area contributed by atoms with Gasteiger partial charge in [0.15, 0.2) is 5.17 Å². The Morgan fingerprint density at radius 1 is 1.06 bits per heavy atom. The summed E-state index contributed by atoms with van der Waals surface area (Å²) in [5, 5.41) is 15.3. The Balaban J connectivity index is 1.58. The molecule has 1 aromatic heterocycles. The van der Waals surface area contributed by atoms with Gasteiger partial charge in [0.25, 0.3) is 5.56 Å². The van der Waals surface area contributed by atoms with Crippen LogP contribution in [0.2, 0.25) is 0 Å². The van der Waals surface area contributed by atoms with Crippen molar-refractivity contribution < 1.29 is 14.7 Å². The number of aliphatic imine (C=N–C) groups is 1. The SMILES string of the molecule is Cc1ccc([C@H](N=C2NC(=O)[C@H](CC(=O)Nc3ccc(C)cc3C)S2)c2c(O)[nH]c(=O)[nH]c2=O)cc1. The molecule has 186 valence electrons. The van der Waals surface area contributed by atoms with E-state index in [1.54, 1.807) is 12.1 Å². The summed E-state index contributed by atoms with van der Waals surface area (Å²) >= 11 is 1.06. The third-order valence-electron chi connectivity index (χ3n) is 5.67. The van der Waals surface area contributed by atoms with E-state index in [1.807, 2.05) is 51.1 Å². The number of anilines is 1. The Bertz CT molecular complexity index is 1480. The van der Waals surface area contributed by atoms with Crippen LogP contribution < -0.4 is 21.9 Å². The first-order valence-corrected chi connectivity index (χ1v) is 12.0. The third-order valence-corrected chi connectivity index (χ3v) is 6.77. The number of aromatic nitrogens is 2. The average molecular weight is 508 g/mol. The van der Waals surface area contributed by atoms with E-state index in [1.165, 1.54) is 0 Å². The third kappa shape index (κ3) is 5.57. The van der Waals surface area contributed by atoms with Crippen LogP contribution in [0.3, 0.4) is 0 Å². The van der Waals surface area contributed by atoms with Crippen LogP contribution in [0.15, 0.2) is 57.0 Å². The second-order valence-corrected chi connectivity index (χ2v) is 9.78. The molecule has 0 bridgehead atoms. The molecule has 1 aliphatic rings. The first kappa shape index (κ1) is 25.0. The minimum Gasteiger partial charge on any atom is -0.494 e. The molecule has 1 aliphatic heterocycles. The summed E-state index contributed by atoms with van der Waals surface area (Å²) in [6.45, 7) is 5.75. The Morgan fingerprint density at radius 2 is 1.75 bits per heavy atom. The highest BCUT2D eigenvalue weighted by Crippen LogP contribution is 2.32. The number of benzene rings is 2. The predicted molar refractivity (Wildman–Crippen MR) is 138 cm³/mol. The molecule has 0 spiro atoms. The van der Waals surface area contributed by atoms with E-state index in [0.29, 0.717) is 11.3 Å². The molecule has 2 amide bonds. The molecular weight excluding hydrogens is 482 g/mol. The number of H-pyrrole nitrogens is 2. The zero-order chi connectivity index (χ0) is 26.0. The lowest BCUT2D eigenvalue weighted by molar-refractivity contribution is -0.122. The molecule has 36 heavy (non-hydrogen) atoms. The van der Waals surface area contributed by atoms with Gasteiger partial charge in [-0.15, -0.1) is 0 Å². The number of carbonyl (C=O) groups excluding carboxylic acids is 2. The van der Waals surface area contributed by atoms with Gasteiger partial charge in [-0.2, -0.15) is 0 Å². The highest BCUT2D eigenvalue weighted by molar-refractivity contribution is 8.15. The summed E-state index contributed by atoms with van der Waals surface area (Å²) in [4.78, 5) is 58.1. The van der Waals surface area contributed by atoms with Crippen LogP contribution in [-0.4, -0.2) is 37.3 Å². The standard InChI is InChI=1S/C25H25N5O5S/c1-12-4-7-15(8-5-12)20(19-22(33)28-24(35)29-23(19)34)27-25-30-21(32)17(36-25)11-18(31)26-16-9-6-13(2)10-14(16)3/h4-10,17,20H,11H2,1-3H3,(H,26,31)(H,27,30,32)(H3,28,29,33,34,35)/t17-,20-/m0/s1. The van der Waals surface area contributed by atoms with Gasteiger partial charge in [0.05, 0.1) is 0 Å². The van der Waals surface area contributed by atoms with Crippen LogP contribution >= 0.6 is 11.8 Å². The minimum atomic E-state index is -1.02. The predicted octanol–water partition coefficient (Wildman–Crippen LogP) is 2.40. The van der Waals surface area contributed by atoms with Crippen molar-refractivity contribution in [2.24, 2.45) is 4.99 Å². The van der Waals surface area contributed by atoms with E-state index in [-0.39, 0.29) is 23.1 Å². The monoisotopic (exact) mass is 507 g/mol. The quantitative estimate of drug-likeness (QED) is 0.345. The van der Waals surface area contributed by atoms with Crippen LogP contribution in [0.25, 0.3) is 0 Å². The van der Waals surface area contributed by atoms with E-state index >= 15 is 0 Å². The smallest absolute Gasteiger partial charge is 0.328 e. The molecule has 1 fully saturated rings. The maximum atomic E-state index is 12.6. The van der Waals surface area contributed by atoms with Crippen molar-refractivity contribution in [3.8, 4) is 5.88 Å².